The summed E-state index contributed by atoms with van der Waals surface area (Å²) >= 11 is 0. The van der Waals surface area contributed by atoms with Crippen LogP contribution in [0.4, 0.5) is 5.69 Å². The molecule has 0 amide bonds. The summed E-state index contributed by atoms with van der Waals surface area (Å²) in [6, 6.07) is 9.93. The molecule has 1 unspecified atom stereocenters. The van der Waals surface area contributed by atoms with Gasteiger partial charge in [-0.1, -0.05) is 6.07 Å². The highest BCUT2D eigenvalue weighted by Crippen LogP contribution is 2.17. The first-order chi connectivity index (χ1) is 8.81. The minimum atomic E-state index is 0.234. The Balaban J connectivity index is 1.82. The Bertz CT molecular complexity index is 550. The van der Waals surface area contributed by atoms with E-state index >= 15 is 0 Å². The molecule has 1 aliphatic rings. The van der Waals surface area contributed by atoms with Gasteiger partial charge in [0.2, 0.25) is 0 Å². The average Bonchev–Trinajstić information content (AvgIpc) is 2.40. The molecule has 18 heavy (non-hydrogen) atoms. The third-order valence-corrected chi connectivity index (χ3v) is 3.21. The molecule has 0 saturated carbocycles. The van der Waals surface area contributed by atoms with E-state index in [0.717, 1.165) is 48.4 Å². The van der Waals surface area contributed by atoms with Gasteiger partial charge < -0.3 is 15.8 Å². The standard InChI is InChI=1S/C14H17N3O/c15-11-2-4-14-10(7-11)1-3-12(17-14)8-13-9-16-5-6-18-13/h1-4,7,13,16H,5-6,8-9,15H2. The monoisotopic (exact) mass is 243 g/mol. The Kier molecular flexibility index (Phi) is 3.13. The highest BCUT2D eigenvalue weighted by atomic mass is 16.5. The van der Waals surface area contributed by atoms with Crippen molar-refractivity contribution in [3.63, 3.8) is 0 Å². The molecule has 0 radical (unpaired) electrons. The molecule has 1 fully saturated rings. The number of nitrogens with zero attached hydrogens (tertiary/aromatic N) is 1. The zero-order valence-corrected chi connectivity index (χ0v) is 10.2. The molecule has 1 atom stereocenters. The molecule has 4 heteroatoms. The molecular formula is C14H17N3O. The predicted octanol–water partition coefficient (Wildman–Crippen LogP) is 1.35. The number of nitrogen functional groups attached to an aromatic ring is 1. The first kappa shape index (κ1) is 11.4. The van der Waals surface area contributed by atoms with Crippen LogP contribution >= 0.6 is 0 Å². The fraction of sp³-hybridized carbons (Fsp3) is 0.357. The lowest BCUT2D eigenvalue weighted by molar-refractivity contribution is 0.0287. The van der Waals surface area contributed by atoms with Crippen LogP contribution in [-0.4, -0.2) is 30.8 Å². The van der Waals surface area contributed by atoms with Crippen molar-refractivity contribution >= 4 is 16.6 Å². The van der Waals surface area contributed by atoms with E-state index in [0.29, 0.717) is 0 Å². The molecule has 3 rings (SSSR count). The average molecular weight is 243 g/mol. The molecule has 1 aromatic carbocycles. The molecule has 1 aromatic heterocycles. The molecule has 0 bridgehead atoms. The molecule has 3 N–H and O–H groups in total. The minimum Gasteiger partial charge on any atom is -0.399 e. The zero-order chi connectivity index (χ0) is 12.4. The van der Waals surface area contributed by atoms with Crippen LogP contribution in [0.1, 0.15) is 5.69 Å². The van der Waals surface area contributed by atoms with Crippen LogP contribution in [-0.2, 0) is 11.2 Å². The van der Waals surface area contributed by atoms with Gasteiger partial charge in [-0.3, -0.25) is 4.98 Å². The number of morpholine rings is 1. The first-order valence-electron chi connectivity index (χ1n) is 6.29. The third kappa shape index (κ3) is 2.44. The minimum absolute atomic E-state index is 0.234. The summed E-state index contributed by atoms with van der Waals surface area (Å²) in [5.74, 6) is 0. The number of pyridine rings is 1. The Morgan fingerprint density at radius 2 is 2.28 bits per heavy atom. The van der Waals surface area contributed by atoms with Crippen molar-refractivity contribution in [3.8, 4) is 0 Å². The fourth-order valence-corrected chi connectivity index (χ4v) is 2.28. The van der Waals surface area contributed by atoms with Gasteiger partial charge in [0.25, 0.3) is 0 Å². The van der Waals surface area contributed by atoms with Gasteiger partial charge in [-0.2, -0.15) is 0 Å². The predicted molar refractivity (Wildman–Crippen MR) is 72.5 cm³/mol. The third-order valence-electron chi connectivity index (χ3n) is 3.21. The highest BCUT2D eigenvalue weighted by Gasteiger charge is 2.14. The van der Waals surface area contributed by atoms with Gasteiger partial charge in [0.15, 0.2) is 0 Å². The van der Waals surface area contributed by atoms with E-state index in [-0.39, 0.29) is 6.10 Å². The molecule has 94 valence electrons. The van der Waals surface area contributed by atoms with Crippen LogP contribution in [0.5, 0.6) is 0 Å². The van der Waals surface area contributed by atoms with E-state index in [4.69, 9.17) is 10.5 Å². The van der Waals surface area contributed by atoms with Crippen LogP contribution < -0.4 is 11.1 Å². The number of ether oxygens (including phenoxy) is 1. The second-order valence-electron chi connectivity index (χ2n) is 4.66. The Hall–Kier alpha value is -1.65. The van der Waals surface area contributed by atoms with Crippen molar-refractivity contribution < 1.29 is 4.74 Å². The Morgan fingerprint density at radius 3 is 3.11 bits per heavy atom. The molecule has 1 aliphatic heterocycles. The maximum absolute atomic E-state index is 5.76. The van der Waals surface area contributed by atoms with E-state index in [1.165, 1.54) is 0 Å². The summed E-state index contributed by atoms with van der Waals surface area (Å²) in [6.07, 6.45) is 1.09. The van der Waals surface area contributed by atoms with Gasteiger partial charge in [0.05, 0.1) is 18.2 Å². The van der Waals surface area contributed by atoms with Crippen molar-refractivity contribution in [1.82, 2.24) is 10.3 Å². The van der Waals surface area contributed by atoms with Gasteiger partial charge in [0, 0.05) is 36.3 Å². The van der Waals surface area contributed by atoms with Crippen LogP contribution in [0.3, 0.4) is 0 Å². The maximum atomic E-state index is 5.76. The molecule has 4 nitrogen and oxygen atoms in total. The second-order valence-corrected chi connectivity index (χ2v) is 4.66. The van der Waals surface area contributed by atoms with Crippen LogP contribution in [0.2, 0.25) is 0 Å². The lowest BCUT2D eigenvalue weighted by Crippen LogP contribution is -2.39. The van der Waals surface area contributed by atoms with Crippen molar-refractivity contribution in [2.24, 2.45) is 0 Å². The van der Waals surface area contributed by atoms with Crippen molar-refractivity contribution in [1.29, 1.82) is 0 Å². The lowest BCUT2D eigenvalue weighted by Gasteiger charge is -2.23. The van der Waals surface area contributed by atoms with E-state index in [9.17, 15) is 0 Å². The number of anilines is 1. The number of fused-ring (bicyclic) bond motifs is 1. The summed E-state index contributed by atoms with van der Waals surface area (Å²) in [7, 11) is 0. The van der Waals surface area contributed by atoms with Gasteiger partial charge in [0.1, 0.15) is 0 Å². The number of hydrogen-bond donors (Lipinski definition) is 2. The normalized spacial score (nSPS) is 20.1. The summed E-state index contributed by atoms with van der Waals surface area (Å²) in [5, 5.41) is 4.42. The summed E-state index contributed by atoms with van der Waals surface area (Å²) in [4.78, 5) is 4.65. The topological polar surface area (TPSA) is 60.2 Å². The number of hydrogen-bond acceptors (Lipinski definition) is 4. The lowest BCUT2D eigenvalue weighted by atomic mass is 10.1. The van der Waals surface area contributed by atoms with Gasteiger partial charge >= 0.3 is 0 Å². The van der Waals surface area contributed by atoms with E-state index in [1.807, 2.05) is 18.2 Å². The number of benzene rings is 1. The van der Waals surface area contributed by atoms with Crippen LogP contribution in [0.25, 0.3) is 10.9 Å². The molecule has 2 heterocycles. The van der Waals surface area contributed by atoms with Crippen molar-refractivity contribution in [2.45, 2.75) is 12.5 Å². The molecule has 0 aliphatic carbocycles. The molecule has 1 saturated heterocycles. The molecular weight excluding hydrogens is 226 g/mol. The van der Waals surface area contributed by atoms with E-state index < -0.39 is 0 Å². The number of nitrogens with one attached hydrogen (secondary N) is 1. The zero-order valence-electron chi connectivity index (χ0n) is 10.2. The fourth-order valence-electron chi connectivity index (χ4n) is 2.28. The van der Waals surface area contributed by atoms with Crippen LogP contribution in [0.15, 0.2) is 30.3 Å². The summed E-state index contributed by atoms with van der Waals surface area (Å²) < 4.78 is 5.69. The van der Waals surface area contributed by atoms with Crippen LogP contribution in [0, 0.1) is 0 Å². The smallest absolute Gasteiger partial charge is 0.0755 e. The number of nitrogens with two attached hydrogens (primary N) is 1. The molecule has 2 aromatic rings. The summed E-state index contributed by atoms with van der Waals surface area (Å²) in [6.45, 7) is 2.64. The highest BCUT2D eigenvalue weighted by molar-refractivity contribution is 5.81. The van der Waals surface area contributed by atoms with Crippen molar-refractivity contribution in [2.75, 3.05) is 25.4 Å². The first-order valence-corrected chi connectivity index (χ1v) is 6.29. The van der Waals surface area contributed by atoms with Gasteiger partial charge in [-0.15, -0.1) is 0 Å². The van der Waals surface area contributed by atoms with E-state index in [2.05, 4.69) is 22.4 Å². The summed E-state index contributed by atoms with van der Waals surface area (Å²) in [5.41, 5.74) is 8.59. The van der Waals surface area contributed by atoms with Gasteiger partial charge in [-0.25, -0.2) is 0 Å². The quantitative estimate of drug-likeness (QED) is 0.782. The maximum Gasteiger partial charge on any atom is 0.0755 e. The second kappa shape index (κ2) is 4.92. The molecule has 0 spiro atoms. The SMILES string of the molecule is Nc1ccc2nc(CC3CNCCO3)ccc2c1. The van der Waals surface area contributed by atoms with Crippen molar-refractivity contribution in [3.05, 3.63) is 36.0 Å². The Labute approximate surface area is 106 Å². The van der Waals surface area contributed by atoms with E-state index in [1.54, 1.807) is 0 Å². The Morgan fingerprint density at radius 1 is 1.33 bits per heavy atom. The number of rotatable bonds is 2. The largest absolute Gasteiger partial charge is 0.399 e. The van der Waals surface area contributed by atoms with Gasteiger partial charge in [-0.05, 0) is 24.3 Å². The number of aromatic nitrogens is 1.